The summed E-state index contributed by atoms with van der Waals surface area (Å²) < 4.78 is 0. The van der Waals surface area contributed by atoms with Crippen LogP contribution in [0.5, 0.6) is 0 Å². The molecule has 0 bridgehead atoms. The summed E-state index contributed by atoms with van der Waals surface area (Å²) in [6.07, 6.45) is 1.20. The van der Waals surface area contributed by atoms with E-state index in [9.17, 15) is 9.59 Å². The van der Waals surface area contributed by atoms with Gasteiger partial charge in [-0.2, -0.15) is 0 Å². The van der Waals surface area contributed by atoms with E-state index in [-0.39, 0.29) is 24.2 Å². The Morgan fingerprint density at radius 1 is 1.40 bits per heavy atom. The molecule has 0 rings (SSSR count). The summed E-state index contributed by atoms with van der Waals surface area (Å²) in [6, 6.07) is 0. The Kier molecular flexibility index (Phi) is 8.35. The fourth-order valence-electron chi connectivity index (χ4n) is 1.69. The number of nitrogens with zero attached hydrogens (tertiary/aromatic N) is 2. The van der Waals surface area contributed by atoms with Crippen molar-refractivity contribution in [3.63, 3.8) is 0 Å². The van der Waals surface area contributed by atoms with Gasteiger partial charge in [-0.05, 0) is 12.3 Å². The molecule has 0 fully saturated rings. The van der Waals surface area contributed by atoms with E-state index in [2.05, 4.69) is 10.5 Å². The van der Waals surface area contributed by atoms with Gasteiger partial charge in [-0.25, -0.2) is 0 Å². The van der Waals surface area contributed by atoms with Crippen molar-refractivity contribution in [2.75, 3.05) is 20.1 Å². The molecule has 2 amide bonds. The van der Waals surface area contributed by atoms with E-state index in [0.717, 1.165) is 6.42 Å². The van der Waals surface area contributed by atoms with Crippen LogP contribution in [0.2, 0.25) is 0 Å². The quantitative estimate of drug-likeness (QED) is 0.259. The highest BCUT2D eigenvalue weighted by Crippen LogP contribution is 2.10. The molecule has 1 unspecified atom stereocenters. The molecule has 7 nitrogen and oxygen atoms in total. The van der Waals surface area contributed by atoms with Crippen molar-refractivity contribution in [3.8, 4) is 0 Å². The van der Waals surface area contributed by atoms with Crippen LogP contribution in [0.3, 0.4) is 0 Å². The zero-order valence-electron chi connectivity index (χ0n) is 12.7. The number of oxime groups is 1. The number of carbonyl (C=O) groups is 2. The van der Waals surface area contributed by atoms with Crippen molar-refractivity contribution in [3.05, 3.63) is 0 Å². The average Bonchev–Trinajstić information content (AvgIpc) is 2.40. The minimum atomic E-state index is -0.687. The highest BCUT2D eigenvalue weighted by Gasteiger charge is 2.26. The van der Waals surface area contributed by atoms with Crippen molar-refractivity contribution in [1.29, 1.82) is 0 Å². The summed E-state index contributed by atoms with van der Waals surface area (Å²) in [7, 11) is 1.53. The summed E-state index contributed by atoms with van der Waals surface area (Å²) in [6.45, 7) is 6.42. The number of rotatable bonds is 8. The van der Waals surface area contributed by atoms with Crippen LogP contribution in [0.25, 0.3) is 0 Å². The Bertz CT molecular complexity index is 356. The molecule has 116 valence electrons. The maximum absolute atomic E-state index is 12.2. The molecule has 0 aromatic rings. The van der Waals surface area contributed by atoms with Gasteiger partial charge < -0.3 is 21.2 Å². The first-order chi connectivity index (χ1) is 9.33. The molecule has 0 radical (unpaired) electrons. The zero-order chi connectivity index (χ0) is 15.7. The highest BCUT2D eigenvalue weighted by atomic mass is 16.4. The molecule has 0 saturated carbocycles. The van der Waals surface area contributed by atoms with E-state index in [0.29, 0.717) is 18.9 Å². The first-order valence-electron chi connectivity index (χ1n) is 6.82. The highest BCUT2D eigenvalue weighted by molar-refractivity contribution is 6.02. The van der Waals surface area contributed by atoms with Crippen LogP contribution in [0.1, 0.15) is 33.6 Å². The largest absolute Gasteiger partial charge is 0.409 e. The molecule has 0 aliphatic rings. The van der Waals surface area contributed by atoms with Crippen LogP contribution < -0.4 is 11.1 Å². The molecular formula is C13H26N4O3. The number of likely N-dealkylation sites (N-methyl/N-ethyl adjacent to an activating group) is 1. The van der Waals surface area contributed by atoms with E-state index in [4.69, 9.17) is 10.9 Å². The molecule has 20 heavy (non-hydrogen) atoms. The van der Waals surface area contributed by atoms with Crippen molar-refractivity contribution < 1.29 is 14.8 Å². The molecule has 0 aromatic heterocycles. The third kappa shape index (κ3) is 6.40. The molecular weight excluding hydrogens is 260 g/mol. The second-order valence-electron chi connectivity index (χ2n) is 5.26. The summed E-state index contributed by atoms with van der Waals surface area (Å²) >= 11 is 0. The fourth-order valence-corrected chi connectivity index (χ4v) is 1.69. The number of hydrogen-bond donors (Lipinski definition) is 3. The number of hydrogen-bond acceptors (Lipinski definition) is 4. The molecule has 0 saturated heterocycles. The van der Waals surface area contributed by atoms with Crippen LogP contribution in [-0.2, 0) is 9.59 Å². The molecule has 0 aliphatic heterocycles. The molecule has 0 heterocycles. The maximum atomic E-state index is 12.2. The lowest BCUT2D eigenvalue weighted by Gasteiger charge is -2.22. The third-order valence-corrected chi connectivity index (χ3v) is 2.81. The van der Waals surface area contributed by atoms with Crippen LogP contribution in [0.15, 0.2) is 5.16 Å². The molecule has 0 aliphatic carbocycles. The number of nitrogens with two attached hydrogens (primary N) is 1. The molecule has 0 aromatic carbocycles. The van der Waals surface area contributed by atoms with E-state index in [1.165, 1.54) is 11.9 Å². The summed E-state index contributed by atoms with van der Waals surface area (Å²) in [5.74, 6) is -0.990. The van der Waals surface area contributed by atoms with Crippen LogP contribution in [-0.4, -0.2) is 47.9 Å². The van der Waals surface area contributed by atoms with Gasteiger partial charge in [-0.15, -0.1) is 0 Å². The van der Waals surface area contributed by atoms with Gasteiger partial charge in [-0.3, -0.25) is 9.59 Å². The Balaban J connectivity index is 4.54. The van der Waals surface area contributed by atoms with Crippen molar-refractivity contribution in [2.45, 2.75) is 33.6 Å². The number of amidine groups is 1. The van der Waals surface area contributed by atoms with Gasteiger partial charge >= 0.3 is 0 Å². The average molecular weight is 286 g/mol. The standard InChI is InChI=1S/C13H26N4O3/c1-5-6-10(12(14)16-20)13(19)17(4)8-11(18)15-7-9(2)3/h9-10,20H,5-8H2,1-4H3,(H2,14,16)(H,15,18). The number of carbonyl (C=O) groups excluding carboxylic acids is 2. The van der Waals surface area contributed by atoms with Gasteiger partial charge in [0.2, 0.25) is 11.8 Å². The number of amides is 2. The van der Waals surface area contributed by atoms with Gasteiger partial charge in [0.05, 0.1) is 12.5 Å². The second kappa shape index (κ2) is 9.17. The lowest BCUT2D eigenvalue weighted by Crippen LogP contribution is -2.44. The van der Waals surface area contributed by atoms with Crippen molar-refractivity contribution in [2.24, 2.45) is 22.7 Å². The smallest absolute Gasteiger partial charge is 0.239 e. The second-order valence-corrected chi connectivity index (χ2v) is 5.26. The summed E-state index contributed by atoms with van der Waals surface area (Å²) in [5.41, 5.74) is 5.52. The van der Waals surface area contributed by atoms with Gasteiger partial charge in [0.25, 0.3) is 0 Å². The van der Waals surface area contributed by atoms with E-state index < -0.39 is 5.92 Å². The predicted octanol–water partition coefficient (Wildman–Crippen LogP) is 0.380. The minimum absolute atomic E-state index is 0.0372. The Hall–Kier alpha value is -1.79. The summed E-state index contributed by atoms with van der Waals surface area (Å²) in [5, 5.41) is 14.3. The minimum Gasteiger partial charge on any atom is -0.409 e. The molecule has 0 spiro atoms. The molecule has 1 atom stereocenters. The number of nitrogens with one attached hydrogen (secondary N) is 1. The SMILES string of the molecule is CCCC(C(=O)N(C)CC(=O)NCC(C)C)C(N)=NO. The van der Waals surface area contributed by atoms with Crippen LogP contribution in [0.4, 0.5) is 0 Å². The van der Waals surface area contributed by atoms with Crippen LogP contribution in [0, 0.1) is 11.8 Å². The molecule has 7 heteroatoms. The monoisotopic (exact) mass is 286 g/mol. The van der Waals surface area contributed by atoms with Crippen molar-refractivity contribution in [1.82, 2.24) is 10.2 Å². The topological polar surface area (TPSA) is 108 Å². The van der Waals surface area contributed by atoms with E-state index in [1.54, 1.807) is 0 Å². The first kappa shape index (κ1) is 18.2. The van der Waals surface area contributed by atoms with Gasteiger partial charge in [0.1, 0.15) is 0 Å². The Morgan fingerprint density at radius 2 is 2.00 bits per heavy atom. The summed E-state index contributed by atoms with van der Waals surface area (Å²) in [4.78, 5) is 25.1. The van der Waals surface area contributed by atoms with Crippen molar-refractivity contribution >= 4 is 17.6 Å². The normalized spacial score (nSPS) is 13.2. The maximum Gasteiger partial charge on any atom is 0.239 e. The van der Waals surface area contributed by atoms with Gasteiger partial charge in [-0.1, -0.05) is 32.3 Å². The lowest BCUT2D eigenvalue weighted by molar-refractivity contribution is -0.136. The third-order valence-electron chi connectivity index (χ3n) is 2.81. The van der Waals surface area contributed by atoms with E-state index >= 15 is 0 Å². The Morgan fingerprint density at radius 3 is 2.45 bits per heavy atom. The predicted molar refractivity (Wildman–Crippen MR) is 77.3 cm³/mol. The van der Waals surface area contributed by atoms with E-state index in [1.807, 2.05) is 20.8 Å². The first-order valence-corrected chi connectivity index (χ1v) is 6.82. The van der Waals surface area contributed by atoms with Gasteiger partial charge in [0.15, 0.2) is 5.84 Å². The fraction of sp³-hybridized carbons (Fsp3) is 0.769. The zero-order valence-corrected chi connectivity index (χ0v) is 12.7. The van der Waals surface area contributed by atoms with Gasteiger partial charge in [0, 0.05) is 13.6 Å². The van der Waals surface area contributed by atoms with Crippen LogP contribution >= 0.6 is 0 Å². The lowest BCUT2D eigenvalue weighted by atomic mass is 10.0. The molecule has 4 N–H and O–H groups in total. The Labute approximate surface area is 120 Å².